The first-order chi connectivity index (χ1) is 20.2. The molecule has 2 aromatic heterocycles. The third-order valence-corrected chi connectivity index (χ3v) is 8.82. The summed E-state index contributed by atoms with van der Waals surface area (Å²) < 4.78 is 52.8. The molecule has 3 heterocycles. The molecule has 1 aliphatic heterocycles. The van der Waals surface area contributed by atoms with Gasteiger partial charge in [0.25, 0.3) is 0 Å². The molecule has 1 saturated heterocycles. The van der Waals surface area contributed by atoms with Crippen LogP contribution in [0.1, 0.15) is 65.4 Å². The van der Waals surface area contributed by atoms with Crippen molar-refractivity contribution in [2.24, 2.45) is 5.41 Å². The van der Waals surface area contributed by atoms with Crippen molar-refractivity contribution in [3.05, 3.63) is 77.2 Å². The number of ether oxygens (including phenoxy) is 1. The van der Waals surface area contributed by atoms with Gasteiger partial charge in [-0.3, -0.25) is 0 Å². The smallest absolute Gasteiger partial charge is 0.417 e. The molecule has 1 spiro atoms. The van der Waals surface area contributed by atoms with Crippen LogP contribution in [-0.2, 0) is 6.18 Å². The summed E-state index contributed by atoms with van der Waals surface area (Å²) in [5.74, 6) is 0.276. The number of aromatic carboxylic acids is 1. The van der Waals surface area contributed by atoms with E-state index in [1.165, 1.54) is 25.3 Å². The molecule has 2 aromatic carbocycles. The minimum absolute atomic E-state index is 0.0166. The summed E-state index contributed by atoms with van der Waals surface area (Å²) in [6.45, 7) is 1.61. The normalized spacial score (nSPS) is 18.2. The van der Waals surface area contributed by atoms with E-state index in [0.717, 1.165) is 73.5 Å². The van der Waals surface area contributed by atoms with Crippen molar-refractivity contribution in [1.29, 1.82) is 0 Å². The Kier molecular flexibility index (Phi) is 6.07. The zero-order valence-corrected chi connectivity index (χ0v) is 22.9. The molecule has 7 nitrogen and oxygen atoms in total. The molecule has 4 aromatic rings. The van der Waals surface area contributed by atoms with Gasteiger partial charge in [-0.2, -0.15) is 13.2 Å². The predicted octanol–water partition coefficient (Wildman–Crippen LogP) is 7.57. The zero-order valence-electron chi connectivity index (χ0n) is 22.9. The number of nitrogens with zero attached hydrogens (tertiary/aromatic N) is 3. The average molecular weight is 576 g/mol. The van der Waals surface area contributed by atoms with Crippen LogP contribution in [0.5, 0.6) is 5.75 Å². The Hall–Kier alpha value is -4.34. The van der Waals surface area contributed by atoms with E-state index < -0.39 is 17.7 Å². The van der Waals surface area contributed by atoms with Crippen molar-refractivity contribution in [2.45, 2.75) is 44.2 Å². The van der Waals surface area contributed by atoms with Crippen LogP contribution in [0, 0.1) is 5.41 Å². The van der Waals surface area contributed by atoms with Crippen molar-refractivity contribution in [3.8, 4) is 17.0 Å². The van der Waals surface area contributed by atoms with Gasteiger partial charge in [0.05, 0.1) is 18.2 Å². The average Bonchev–Trinajstić information content (AvgIpc) is 3.72. The van der Waals surface area contributed by atoms with Gasteiger partial charge in [-0.05, 0) is 67.4 Å². The van der Waals surface area contributed by atoms with Crippen LogP contribution < -0.4 is 9.64 Å². The number of hydrogen-bond acceptors (Lipinski definition) is 6. The van der Waals surface area contributed by atoms with Crippen molar-refractivity contribution < 1.29 is 32.3 Å². The van der Waals surface area contributed by atoms with E-state index in [9.17, 15) is 23.1 Å². The monoisotopic (exact) mass is 575 g/mol. The second kappa shape index (κ2) is 9.61. The summed E-state index contributed by atoms with van der Waals surface area (Å²) >= 11 is 0. The molecule has 1 saturated carbocycles. The lowest BCUT2D eigenvalue weighted by atomic mass is 9.63. The van der Waals surface area contributed by atoms with Crippen molar-refractivity contribution >= 4 is 28.1 Å². The Labute approximate surface area is 239 Å². The van der Waals surface area contributed by atoms with Gasteiger partial charge in [0.2, 0.25) is 0 Å². The van der Waals surface area contributed by atoms with E-state index in [2.05, 4.69) is 21.1 Å². The second-order valence-electron chi connectivity index (χ2n) is 11.5. The number of piperidine rings is 1. The quantitative estimate of drug-likeness (QED) is 0.254. The van der Waals surface area contributed by atoms with Gasteiger partial charge in [-0.25, -0.2) is 9.78 Å². The molecule has 216 valence electrons. The van der Waals surface area contributed by atoms with Crippen molar-refractivity contribution in [1.82, 2.24) is 10.1 Å². The van der Waals surface area contributed by atoms with Crippen LogP contribution in [-0.4, -0.2) is 41.4 Å². The molecule has 3 aliphatic rings. The van der Waals surface area contributed by atoms with Gasteiger partial charge in [0.1, 0.15) is 17.2 Å². The van der Waals surface area contributed by atoms with E-state index in [-0.39, 0.29) is 28.3 Å². The lowest BCUT2D eigenvalue weighted by Gasteiger charge is -2.47. The molecule has 42 heavy (non-hydrogen) atoms. The Bertz CT molecular complexity index is 1750. The SMILES string of the molecule is COc1cc(C(=O)O)nc2ccc(N3CCC4(C=C(c5c(-c6ccccc6C(F)(F)F)noc5C5CC5)C4)CC3)cc12. The maximum absolute atomic E-state index is 13.9. The first-order valence-electron chi connectivity index (χ1n) is 14.0. The number of pyridine rings is 1. The molecule has 0 radical (unpaired) electrons. The lowest BCUT2D eigenvalue weighted by molar-refractivity contribution is -0.137. The van der Waals surface area contributed by atoms with Crippen LogP contribution in [0.3, 0.4) is 0 Å². The Balaban J connectivity index is 1.15. The number of carboxylic acid groups (broad SMARTS) is 1. The predicted molar refractivity (Wildman–Crippen MR) is 151 cm³/mol. The first-order valence-corrected chi connectivity index (χ1v) is 14.0. The van der Waals surface area contributed by atoms with E-state index in [0.29, 0.717) is 17.0 Å². The number of allylic oxidation sites excluding steroid dienone is 2. The first kappa shape index (κ1) is 26.6. The maximum Gasteiger partial charge on any atom is 0.417 e. The topological polar surface area (TPSA) is 88.7 Å². The minimum atomic E-state index is -4.49. The molecule has 0 unspecified atom stereocenters. The Morgan fingerprint density at radius 1 is 1.12 bits per heavy atom. The highest BCUT2D eigenvalue weighted by atomic mass is 19.4. The number of benzene rings is 2. The fraction of sp³-hybridized carbons (Fsp3) is 0.344. The molecule has 2 fully saturated rings. The molecule has 2 aliphatic carbocycles. The highest BCUT2D eigenvalue weighted by Crippen LogP contribution is 2.56. The molecule has 7 rings (SSSR count). The number of alkyl halides is 3. The molecule has 1 N–H and O–H groups in total. The van der Waals surface area contributed by atoms with Gasteiger partial charge in [-0.15, -0.1) is 0 Å². The van der Waals surface area contributed by atoms with Gasteiger partial charge in [0.15, 0.2) is 5.69 Å². The largest absolute Gasteiger partial charge is 0.496 e. The number of carboxylic acids is 1. The second-order valence-corrected chi connectivity index (χ2v) is 11.5. The van der Waals surface area contributed by atoms with E-state index in [4.69, 9.17) is 9.26 Å². The zero-order chi connectivity index (χ0) is 29.2. The molecule has 0 amide bonds. The third-order valence-electron chi connectivity index (χ3n) is 8.82. The number of methoxy groups -OCH3 is 1. The number of carbonyl (C=O) groups is 1. The summed E-state index contributed by atoms with van der Waals surface area (Å²) in [6.07, 6.45) is 2.25. The molecule has 0 atom stereocenters. The van der Waals surface area contributed by atoms with Crippen molar-refractivity contribution in [3.63, 3.8) is 0 Å². The van der Waals surface area contributed by atoms with Crippen LogP contribution in [0.25, 0.3) is 27.7 Å². The van der Waals surface area contributed by atoms with E-state index in [1.807, 2.05) is 18.2 Å². The number of anilines is 1. The Morgan fingerprint density at radius 2 is 1.86 bits per heavy atom. The van der Waals surface area contributed by atoms with Gasteiger partial charge < -0.3 is 19.3 Å². The standard InChI is InChI=1S/C32H28F3N3O4/c1-41-26-15-25(30(39)40)36-24-9-8-20(14-22(24)26)38-12-10-31(11-13-38)16-19(17-31)27-28(37-42-29(27)18-6-7-18)21-4-2-3-5-23(21)32(33,34)35/h2-5,8-9,14-16,18H,6-7,10-13,17H2,1H3,(H,39,40). The summed E-state index contributed by atoms with van der Waals surface area (Å²) in [5.41, 5.74) is 2.89. The number of halogens is 3. The highest BCUT2D eigenvalue weighted by Gasteiger charge is 2.45. The van der Waals surface area contributed by atoms with Crippen LogP contribution in [0.4, 0.5) is 18.9 Å². The van der Waals surface area contributed by atoms with Gasteiger partial charge >= 0.3 is 12.1 Å². The number of fused-ring (bicyclic) bond motifs is 1. The third kappa shape index (κ3) is 4.49. The number of aromatic nitrogens is 2. The molecular weight excluding hydrogens is 547 g/mol. The van der Waals surface area contributed by atoms with Gasteiger partial charge in [-0.1, -0.05) is 29.4 Å². The highest BCUT2D eigenvalue weighted by molar-refractivity contribution is 5.94. The molecule has 0 bridgehead atoms. The maximum atomic E-state index is 13.9. The summed E-state index contributed by atoms with van der Waals surface area (Å²) in [5, 5.41) is 14.3. The number of rotatable bonds is 6. The molecular formula is C32H28F3N3O4. The Morgan fingerprint density at radius 3 is 2.52 bits per heavy atom. The van der Waals surface area contributed by atoms with Gasteiger partial charge in [0, 0.05) is 47.3 Å². The summed E-state index contributed by atoms with van der Waals surface area (Å²) in [7, 11) is 1.51. The van der Waals surface area contributed by atoms with Crippen molar-refractivity contribution in [2.75, 3.05) is 25.1 Å². The fourth-order valence-corrected chi connectivity index (χ4v) is 6.43. The fourth-order valence-electron chi connectivity index (χ4n) is 6.43. The van der Waals surface area contributed by atoms with E-state index >= 15 is 0 Å². The van der Waals surface area contributed by atoms with Crippen LogP contribution in [0.15, 0.2) is 59.1 Å². The van der Waals surface area contributed by atoms with E-state index in [1.54, 1.807) is 6.07 Å². The summed E-state index contributed by atoms with van der Waals surface area (Å²) in [4.78, 5) is 18.0. The lowest BCUT2D eigenvalue weighted by Crippen LogP contribution is -2.42. The molecule has 10 heteroatoms. The number of hydrogen-bond donors (Lipinski definition) is 1. The summed E-state index contributed by atoms with van der Waals surface area (Å²) in [6, 6.07) is 12.8. The van der Waals surface area contributed by atoms with Crippen LogP contribution >= 0.6 is 0 Å². The minimum Gasteiger partial charge on any atom is -0.496 e. The van der Waals surface area contributed by atoms with Crippen LogP contribution in [0.2, 0.25) is 0 Å².